The van der Waals surface area contributed by atoms with E-state index in [1.165, 1.54) is 16.9 Å². The second-order valence-electron chi connectivity index (χ2n) is 6.07. The molecule has 2 heterocycles. The van der Waals surface area contributed by atoms with Crippen molar-refractivity contribution in [3.8, 4) is 9.88 Å². The van der Waals surface area contributed by atoms with Crippen molar-refractivity contribution in [2.24, 2.45) is 0 Å². The average molecular weight is 401 g/mol. The molecule has 2 aromatic heterocycles. The number of thiazole rings is 1. The van der Waals surface area contributed by atoms with Crippen LogP contribution >= 0.6 is 22.7 Å². The summed E-state index contributed by atoms with van der Waals surface area (Å²) in [6.07, 6.45) is 1.06. The Bertz CT molecular complexity index is 902. The Labute approximate surface area is 166 Å². The number of rotatable bonds is 7. The highest BCUT2D eigenvalue weighted by Gasteiger charge is 2.15. The maximum atomic E-state index is 12.1. The first-order valence-corrected chi connectivity index (χ1v) is 10.4. The number of benzene rings is 1. The lowest BCUT2D eigenvalue weighted by Crippen LogP contribution is -2.21. The molecule has 27 heavy (non-hydrogen) atoms. The lowest BCUT2D eigenvalue weighted by molar-refractivity contribution is -0.119. The van der Waals surface area contributed by atoms with Crippen LogP contribution in [0, 0.1) is 0 Å². The van der Waals surface area contributed by atoms with Gasteiger partial charge in [0.25, 0.3) is 5.91 Å². The SMILES string of the molecule is CC[C@@H](C)c1ccc(NC(=O)COC(=O)c2csc(-c3cccs3)n2)cc1. The second-order valence-corrected chi connectivity index (χ2v) is 7.88. The Balaban J connectivity index is 1.51. The smallest absolute Gasteiger partial charge is 0.358 e. The number of anilines is 1. The molecule has 0 aliphatic heterocycles. The van der Waals surface area contributed by atoms with Gasteiger partial charge in [0.1, 0.15) is 5.01 Å². The van der Waals surface area contributed by atoms with Crippen molar-refractivity contribution in [1.82, 2.24) is 4.98 Å². The normalized spacial score (nSPS) is 11.8. The molecule has 0 aliphatic carbocycles. The summed E-state index contributed by atoms with van der Waals surface area (Å²) < 4.78 is 5.07. The fourth-order valence-corrected chi connectivity index (χ4v) is 4.02. The van der Waals surface area contributed by atoms with Gasteiger partial charge in [-0.3, -0.25) is 4.79 Å². The number of esters is 1. The van der Waals surface area contributed by atoms with Crippen LogP contribution in [-0.2, 0) is 9.53 Å². The van der Waals surface area contributed by atoms with Crippen molar-refractivity contribution in [1.29, 1.82) is 0 Å². The molecule has 1 aromatic carbocycles. The largest absolute Gasteiger partial charge is 0.451 e. The monoisotopic (exact) mass is 400 g/mol. The number of hydrogen-bond donors (Lipinski definition) is 1. The maximum absolute atomic E-state index is 12.1. The minimum Gasteiger partial charge on any atom is -0.451 e. The molecule has 5 nitrogen and oxygen atoms in total. The number of nitrogens with one attached hydrogen (secondary N) is 1. The number of ether oxygens (including phenoxy) is 1. The van der Waals surface area contributed by atoms with Crippen molar-refractivity contribution in [3.05, 3.63) is 58.4 Å². The van der Waals surface area contributed by atoms with Crippen molar-refractivity contribution in [3.63, 3.8) is 0 Å². The number of carbonyl (C=O) groups excluding carboxylic acids is 2. The molecule has 0 aliphatic rings. The summed E-state index contributed by atoms with van der Waals surface area (Å²) in [7, 11) is 0. The van der Waals surface area contributed by atoms with Gasteiger partial charge in [-0.15, -0.1) is 22.7 Å². The molecule has 1 amide bonds. The standard InChI is InChI=1S/C20H20N2O3S2/c1-3-13(2)14-6-8-15(9-7-14)21-18(23)11-25-20(24)16-12-27-19(22-16)17-5-4-10-26-17/h4-10,12-13H,3,11H2,1-2H3,(H,21,23)/t13-/m1/s1. The summed E-state index contributed by atoms with van der Waals surface area (Å²) in [5, 5.41) is 7.09. The van der Waals surface area contributed by atoms with Crippen LogP contribution in [0.2, 0.25) is 0 Å². The van der Waals surface area contributed by atoms with E-state index in [1.54, 1.807) is 16.7 Å². The zero-order valence-electron chi connectivity index (χ0n) is 15.1. The molecule has 3 rings (SSSR count). The summed E-state index contributed by atoms with van der Waals surface area (Å²) in [4.78, 5) is 29.4. The van der Waals surface area contributed by atoms with Gasteiger partial charge >= 0.3 is 5.97 Å². The molecule has 0 bridgehead atoms. The van der Waals surface area contributed by atoms with Gasteiger partial charge in [0, 0.05) is 11.1 Å². The number of hydrogen-bond acceptors (Lipinski definition) is 6. The molecule has 3 aromatic rings. The summed E-state index contributed by atoms with van der Waals surface area (Å²) >= 11 is 2.93. The van der Waals surface area contributed by atoms with Crippen LogP contribution < -0.4 is 5.32 Å². The minimum atomic E-state index is -0.601. The third kappa shape index (κ3) is 5.02. The first-order valence-electron chi connectivity index (χ1n) is 8.63. The van der Waals surface area contributed by atoms with Crippen LogP contribution in [0.5, 0.6) is 0 Å². The Morgan fingerprint density at radius 3 is 2.63 bits per heavy atom. The van der Waals surface area contributed by atoms with E-state index in [1.807, 2.05) is 41.8 Å². The van der Waals surface area contributed by atoms with E-state index in [2.05, 4.69) is 24.1 Å². The molecule has 140 valence electrons. The van der Waals surface area contributed by atoms with E-state index in [-0.39, 0.29) is 18.2 Å². The fourth-order valence-electron chi connectivity index (χ4n) is 2.41. The predicted octanol–water partition coefficient (Wildman–Crippen LogP) is 5.18. The van der Waals surface area contributed by atoms with Crippen LogP contribution in [-0.4, -0.2) is 23.5 Å². The fraction of sp³-hybridized carbons (Fsp3) is 0.250. The quantitative estimate of drug-likeness (QED) is 0.555. The first kappa shape index (κ1) is 19.3. The minimum absolute atomic E-state index is 0.217. The second kappa shape index (κ2) is 8.92. The van der Waals surface area contributed by atoms with Gasteiger partial charge in [0.2, 0.25) is 0 Å². The lowest BCUT2D eigenvalue weighted by atomic mass is 9.99. The average Bonchev–Trinajstić information content (AvgIpc) is 3.37. The van der Waals surface area contributed by atoms with Crippen LogP contribution in [0.1, 0.15) is 42.2 Å². The Hall–Kier alpha value is -2.51. The lowest BCUT2D eigenvalue weighted by Gasteiger charge is -2.10. The zero-order valence-corrected chi connectivity index (χ0v) is 16.7. The molecule has 0 saturated heterocycles. The summed E-state index contributed by atoms with van der Waals surface area (Å²) in [5.74, 6) is -0.502. The number of thiophene rings is 1. The van der Waals surface area contributed by atoms with Gasteiger partial charge < -0.3 is 10.1 Å². The van der Waals surface area contributed by atoms with E-state index < -0.39 is 5.97 Å². The van der Waals surface area contributed by atoms with Gasteiger partial charge in [-0.1, -0.05) is 32.0 Å². The predicted molar refractivity (Wildman–Crippen MR) is 109 cm³/mol. The zero-order chi connectivity index (χ0) is 19.2. The maximum Gasteiger partial charge on any atom is 0.358 e. The summed E-state index contributed by atoms with van der Waals surface area (Å²) in [5.41, 5.74) is 2.12. The van der Waals surface area contributed by atoms with Crippen molar-refractivity contribution in [2.75, 3.05) is 11.9 Å². The third-order valence-electron chi connectivity index (χ3n) is 4.16. The van der Waals surface area contributed by atoms with Gasteiger partial charge in [-0.05, 0) is 41.5 Å². The van der Waals surface area contributed by atoms with E-state index in [0.29, 0.717) is 11.6 Å². The summed E-state index contributed by atoms with van der Waals surface area (Å²) in [6, 6.07) is 11.6. The topological polar surface area (TPSA) is 68.3 Å². The van der Waals surface area contributed by atoms with E-state index in [4.69, 9.17) is 4.74 Å². The van der Waals surface area contributed by atoms with Crippen molar-refractivity contribution >= 4 is 40.2 Å². The Morgan fingerprint density at radius 1 is 1.19 bits per heavy atom. The molecule has 0 unspecified atom stereocenters. The van der Waals surface area contributed by atoms with Crippen LogP contribution in [0.4, 0.5) is 5.69 Å². The highest BCUT2D eigenvalue weighted by atomic mass is 32.1. The number of nitrogens with zero attached hydrogens (tertiary/aromatic N) is 1. The number of amides is 1. The molecule has 0 radical (unpaired) electrons. The van der Waals surface area contributed by atoms with E-state index in [0.717, 1.165) is 16.3 Å². The van der Waals surface area contributed by atoms with Crippen molar-refractivity contribution < 1.29 is 14.3 Å². The van der Waals surface area contributed by atoms with Crippen LogP contribution in [0.3, 0.4) is 0 Å². The highest BCUT2D eigenvalue weighted by Crippen LogP contribution is 2.28. The molecular formula is C20H20N2O3S2. The Morgan fingerprint density at radius 2 is 1.96 bits per heavy atom. The highest BCUT2D eigenvalue weighted by molar-refractivity contribution is 7.20. The van der Waals surface area contributed by atoms with E-state index >= 15 is 0 Å². The van der Waals surface area contributed by atoms with Crippen LogP contribution in [0.15, 0.2) is 47.2 Å². The third-order valence-corrected chi connectivity index (χ3v) is 6.04. The first-order chi connectivity index (χ1) is 13.1. The van der Waals surface area contributed by atoms with Crippen molar-refractivity contribution in [2.45, 2.75) is 26.2 Å². The van der Waals surface area contributed by atoms with Gasteiger partial charge in [-0.2, -0.15) is 0 Å². The van der Waals surface area contributed by atoms with E-state index in [9.17, 15) is 9.59 Å². The van der Waals surface area contributed by atoms with Crippen LogP contribution in [0.25, 0.3) is 9.88 Å². The molecule has 0 saturated carbocycles. The number of carbonyl (C=O) groups is 2. The molecule has 1 N–H and O–H groups in total. The molecule has 0 fully saturated rings. The molecule has 0 spiro atoms. The number of aromatic nitrogens is 1. The van der Waals surface area contributed by atoms with Gasteiger partial charge in [0.15, 0.2) is 12.3 Å². The molecule has 7 heteroatoms. The Kier molecular flexibility index (Phi) is 6.36. The van der Waals surface area contributed by atoms with Gasteiger partial charge in [0.05, 0.1) is 4.88 Å². The summed E-state index contributed by atoms with van der Waals surface area (Å²) in [6.45, 7) is 3.95. The molecule has 1 atom stereocenters. The molecular weight excluding hydrogens is 380 g/mol. The van der Waals surface area contributed by atoms with Gasteiger partial charge in [-0.25, -0.2) is 9.78 Å².